The van der Waals surface area contributed by atoms with E-state index in [2.05, 4.69) is 17.1 Å². The van der Waals surface area contributed by atoms with E-state index in [0.29, 0.717) is 23.8 Å². The lowest BCUT2D eigenvalue weighted by Crippen LogP contribution is -2.34. The Morgan fingerprint density at radius 2 is 1.85 bits per heavy atom. The summed E-state index contributed by atoms with van der Waals surface area (Å²) in [6, 6.07) is 13.7. The summed E-state index contributed by atoms with van der Waals surface area (Å²) in [5.74, 6) is -0.0579. The topological polar surface area (TPSA) is 51.0 Å². The van der Waals surface area contributed by atoms with Gasteiger partial charge in [0.1, 0.15) is 5.69 Å². The zero-order valence-corrected chi connectivity index (χ0v) is 15.3. The first-order valence-electron chi connectivity index (χ1n) is 8.64. The Morgan fingerprint density at radius 1 is 1.08 bits per heavy atom. The summed E-state index contributed by atoms with van der Waals surface area (Å²) in [7, 11) is 1.98. The van der Waals surface area contributed by atoms with Crippen LogP contribution in [0.15, 0.2) is 48.7 Å². The van der Waals surface area contributed by atoms with Gasteiger partial charge in [-0.05, 0) is 18.6 Å². The minimum absolute atomic E-state index is 0.0579. The number of amides is 1. The number of fused-ring (bicyclic) bond motifs is 1. The fourth-order valence-corrected chi connectivity index (χ4v) is 3.62. The van der Waals surface area contributed by atoms with Gasteiger partial charge in [-0.15, -0.1) is 0 Å². The number of benzene rings is 1. The van der Waals surface area contributed by atoms with Crippen molar-refractivity contribution >= 4 is 17.5 Å². The number of nitrogens with zero attached hydrogens (tertiary/aromatic N) is 4. The molecule has 0 saturated heterocycles. The molecule has 1 aliphatic rings. The minimum Gasteiger partial charge on any atom is -0.337 e. The minimum atomic E-state index is -0.0579. The number of hydrogen-bond acceptors (Lipinski definition) is 3. The number of hydrogen-bond donors (Lipinski definition) is 0. The van der Waals surface area contributed by atoms with Gasteiger partial charge in [-0.2, -0.15) is 5.10 Å². The second kappa shape index (κ2) is 6.92. The standard InChI is InChI=1S/C20H19ClN4O/c1-24-19(14-5-3-2-4-6-14)16-9-11-25(12-10-17(16)23-24)20(26)18-8-7-15(21)13-22-18/h2-8,13H,9-12H2,1H3. The molecule has 4 rings (SSSR count). The number of halogens is 1. The molecule has 0 bridgehead atoms. The van der Waals surface area contributed by atoms with Gasteiger partial charge in [-0.3, -0.25) is 9.48 Å². The first-order valence-corrected chi connectivity index (χ1v) is 9.02. The van der Waals surface area contributed by atoms with Crippen molar-refractivity contribution in [1.82, 2.24) is 19.7 Å². The molecular weight excluding hydrogens is 348 g/mol. The Balaban J connectivity index is 1.59. The van der Waals surface area contributed by atoms with Crippen LogP contribution in [0.3, 0.4) is 0 Å². The molecule has 6 heteroatoms. The molecule has 132 valence electrons. The Bertz CT molecular complexity index is 934. The van der Waals surface area contributed by atoms with Gasteiger partial charge in [0.05, 0.1) is 16.4 Å². The fourth-order valence-electron chi connectivity index (χ4n) is 3.51. The van der Waals surface area contributed by atoms with Crippen molar-refractivity contribution in [2.75, 3.05) is 13.1 Å². The molecule has 0 saturated carbocycles. The fraction of sp³-hybridized carbons (Fsp3) is 0.250. The molecule has 0 fully saturated rings. The highest BCUT2D eigenvalue weighted by molar-refractivity contribution is 6.30. The predicted octanol–water partition coefficient (Wildman–Crippen LogP) is 3.38. The van der Waals surface area contributed by atoms with Crippen molar-refractivity contribution in [3.63, 3.8) is 0 Å². The van der Waals surface area contributed by atoms with Crippen LogP contribution in [0.1, 0.15) is 21.7 Å². The number of rotatable bonds is 2. The number of carbonyl (C=O) groups excluding carboxylic acids is 1. The van der Waals surface area contributed by atoms with Gasteiger partial charge in [0.15, 0.2) is 0 Å². The van der Waals surface area contributed by atoms with Gasteiger partial charge in [0, 0.05) is 43.9 Å². The molecule has 0 radical (unpaired) electrons. The van der Waals surface area contributed by atoms with Crippen molar-refractivity contribution in [1.29, 1.82) is 0 Å². The highest BCUT2D eigenvalue weighted by Crippen LogP contribution is 2.28. The van der Waals surface area contributed by atoms with E-state index in [1.807, 2.05) is 34.8 Å². The largest absolute Gasteiger partial charge is 0.337 e. The van der Waals surface area contributed by atoms with E-state index >= 15 is 0 Å². The van der Waals surface area contributed by atoms with E-state index in [-0.39, 0.29) is 5.91 Å². The van der Waals surface area contributed by atoms with Crippen molar-refractivity contribution in [2.45, 2.75) is 12.8 Å². The number of aryl methyl sites for hydroxylation is 1. The summed E-state index contributed by atoms with van der Waals surface area (Å²) in [5, 5.41) is 5.24. The summed E-state index contributed by atoms with van der Waals surface area (Å²) in [6.07, 6.45) is 3.04. The van der Waals surface area contributed by atoms with E-state index in [4.69, 9.17) is 16.7 Å². The van der Waals surface area contributed by atoms with E-state index < -0.39 is 0 Å². The van der Waals surface area contributed by atoms with Crippen LogP contribution in [-0.4, -0.2) is 38.7 Å². The van der Waals surface area contributed by atoms with Crippen LogP contribution in [0.4, 0.5) is 0 Å². The summed E-state index contributed by atoms with van der Waals surface area (Å²) in [4.78, 5) is 18.8. The average molecular weight is 367 g/mol. The van der Waals surface area contributed by atoms with Crippen molar-refractivity contribution in [3.05, 3.63) is 70.6 Å². The number of aromatic nitrogens is 3. The SMILES string of the molecule is Cn1nc2c(c1-c1ccccc1)CCN(C(=O)c1ccc(Cl)cn1)CC2. The van der Waals surface area contributed by atoms with Crippen LogP contribution in [0.25, 0.3) is 11.3 Å². The maximum atomic E-state index is 12.8. The molecule has 26 heavy (non-hydrogen) atoms. The molecular formula is C20H19ClN4O. The first-order chi connectivity index (χ1) is 12.6. The third kappa shape index (κ3) is 3.10. The van der Waals surface area contributed by atoms with Gasteiger partial charge in [-0.25, -0.2) is 4.98 Å². The third-order valence-electron chi connectivity index (χ3n) is 4.76. The van der Waals surface area contributed by atoms with Gasteiger partial charge < -0.3 is 4.90 Å². The zero-order chi connectivity index (χ0) is 18.1. The van der Waals surface area contributed by atoms with E-state index in [1.165, 1.54) is 11.8 Å². The van der Waals surface area contributed by atoms with Gasteiger partial charge >= 0.3 is 0 Å². The third-order valence-corrected chi connectivity index (χ3v) is 4.98. The van der Waals surface area contributed by atoms with Gasteiger partial charge in [0.25, 0.3) is 5.91 Å². The Labute approximate surface area is 157 Å². The lowest BCUT2D eigenvalue weighted by Gasteiger charge is -2.20. The van der Waals surface area contributed by atoms with Crippen LogP contribution < -0.4 is 0 Å². The predicted molar refractivity (Wildman–Crippen MR) is 101 cm³/mol. The van der Waals surface area contributed by atoms with Crippen LogP contribution in [-0.2, 0) is 19.9 Å². The molecule has 1 aromatic carbocycles. The summed E-state index contributed by atoms with van der Waals surface area (Å²) >= 11 is 5.87. The Morgan fingerprint density at radius 3 is 2.58 bits per heavy atom. The van der Waals surface area contributed by atoms with E-state index in [1.54, 1.807) is 12.1 Å². The molecule has 3 aromatic rings. The van der Waals surface area contributed by atoms with Crippen LogP contribution in [0.5, 0.6) is 0 Å². The second-order valence-electron chi connectivity index (χ2n) is 6.42. The maximum absolute atomic E-state index is 12.8. The van der Waals surface area contributed by atoms with E-state index in [9.17, 15) is 4.79 Å². The van der Waals surface area contributed by atoms with Gasteiger partial charge in [-0.1, -0.05) is 41.9 Å². The molecule has 0 spiro atoms. The highest BCUT2D eigenvalue weighted by atomic mass is 35.5. The molecule has 0 unspecified atom stereocenters. The second-order valence-corrected chi connectivity index (χ2v) is 6.85. The number of pyridine rings is 1. The molecule has 1 amide bonds. The molecule has 0 N–H and O–H groups in total. The zero-order valence-electron chi connectivity index (χ0n) is 14.5. The first kappa shape index (κ1) is 16.8. The van der Waals surface area contributed by atoms with Crippen LogP contribution >= 0.6 is 11.6 Å². The van der Waals surface area contributed by atoms with Crippen LogP contribution in [0.2, 0.25) is 5.02 Å². The molecule has 1 aliphatic heterocycles. The lowest BCUT2D eigenvalue weighted by atomic mass is 10.0. The molecule has 0 atom stereocenters. The smallest absolute Gasteiger partial charge is 0.272 e. The molecule has 5 nitrogen and oxygen atoms in total. The summed E-state index contributed by atoms with van der Waals surface area (Å²) < 4.78 is 1.96. The highest BCUT2D eigenvalue weighted by Gasteiger charge is 2.25. The maximum Gasteiger partial charge on any atom is 0.272 e. The summed E-state index contributed by atoms with van der Waals surface area (Å²) in [5.41, 5.74) is 5.03. The van der Waals surface area contributed by atoms with E-state index in [0.717, 1.165) is 29.8 Å². The average Bonchev–Trinajstić information content (AvgIpc) is 2.84. The van der Waals surface area contributed by atoms with Crippen molar-refractivity contribution < 1.29 is 4.79 Å². The molecule has 2 aromatic heterocycles. The quantitative estimate of drug-likeness (QED) is 0.698. The number of carbonyl (C=O) groups is 1. The Hall–Kier alpha value is -2.66. The van der Waals surface area contributed by atoms with Crippen LogP contribution in [0, 0.1) is 0 Å². The van der Waals surface area contributed by atoms with Gasteiger partial charge in [0.2, 0.25) is 0 Å². The van der Waals surface area contributed by atoms with Crippen molar-refractivity contribution in [3.8, 4) is 11.3 Å². The molecule has 3 heterocycles. The lowest BCUT2D eigenvalue weighted by molar-refractivity contribution is 0.0757. The van der Waals surface area contributed by atoms with Crippen molar-refractivity contribution in [2.24, 2.45) is 7.05 Å². The monoisotopic (exact) mass is 366 g/mol. The summed E-state index contributed by atoms with van der Waals surface area (Å²) in [6.45, 7) is 1.29. The normalized spacial score (nSPS) is 14.0. The Kier molecular flexibility index (Phi) is 4.47. The molecule has 0 aliphatic carbocycles.